The maximum absolute atomic E-state index is 12.4. The summed E-state index contributed by atoms with van der Waals surface area (Å²) in [6, 6.07) is 16.4. The molecule has 2 N–H and O–H groups in total. The van der Waals surface area contributed by atoms with E-state index in [1.165, 1.54) is 18.4 Å². The van der Waals surface area contributed by atoms with Crippen LogP contribution in [-0.2, 0) is 11.3 Å². The summed E-state index contributed by atoms with van der Waals surface area (Å²) in [5, 5.41) is 0. The molecule has 1 aliphatic heterocycles. The molecular weight excluding hydrogens is 428 g/mol. The van der Waals surface area contributed by atoms with Crippen LogP contribution in [0.5, 0.6) is 0 Å². The van der Waals surface area contributed by atoms with E-state index in [1.807, 2.05) is 6.07 Å². The first-order valence-corrected chi connectivity index (χ1v) is 9.91. The zero-order chi connectivity index (χ0) is 18.1. The van der Waals surface area contributed by atoms with E-state index in [4.69, 9.17) is 10.5 Å². The molecule has 1 saturated heterocycles. The van der Waals surface area contributed by atoms with Crippen molar-refractivity contribution in [2.24, 2.45) is 11.8 Å². The van der Waals surface area contributed by atoms with Gasteiger partial charge in [-0.25, -0.2) is 4.79 Å². The fourth-order valence-corrected chi connectivity index (χ4v) is 4.81. The van der Waals surface area contributed by atoms with Crippen LogP contribution in [0.1, 0.15) is 28.8 Å². The van der Waals surface area contributed by atoms with E-state index in [1.54, 1.807) is 12.1 Å². The van der Waals surface area contributed by atoms with Crippen LogP contribution in [0.15, 0.2) is 53.0 Å². The van der Waals surface area contributed by atoms with Gasteiger partial charge in [-0.05, 0) is 42.5 Å². The van der Waals surface area contributed by atoms with E-state index < -0.39 is 0 Å². The monoisotopic (exact) mass is 450 g/mol. The van der Waals surface area contributed by atoms with Crippen LogP contribution in [0.25, 0.3) is 0 Å². The number of anilines is 1. The maximum atomic E-state index is 12.4. The molecule has 2 bridgehead atoms. The van der Waals surface area contributed by atoms with Crippen molar-refractivity contribution in [1.29, 1.82) is 0 Å². The fourth-order valence-electron chi connectivity index (χ4n) is 4.45. The number of likely N-dealkylation sites (tertiary alicyclic amines) is 1. The molecule has 0 aromatic heterocycles. The highest BCUT2D eigenvalue weighted by molar-refractivity contribution is 9.10. The fraction of sp³-hybridized carbons (Fsp3) is 0.381. The highest BCUT2D eigenvalue weighted by Crippen LogP contribution is 2.43. The van der Waals surface area contributed by atoms with Crippen molar-refractivity contribution in [3.63, 3.8) is 0 Å². The van der Waals surface area contributed by atoms with Gasteiger partial charge in [0.05, 0.1) is 12.2 Å². The van der Waals surface area contributed by atoms with Gasteiger partial charge in [0, 0.05) is 35.2 Å². The molecule has 6 heteroatoms. The van der Waals surface area contributed by atoms with Gasteiger partial charge >= 0.3 is 5.97 Å². The summed E-state index contributed by atoms with van der Waals surface area (Å²) in [4.78, 5) is 15.0. The number of benzene rings is 2. The second kappa shape index (κ2) is 8.63. The minimum atomic E-state index is -0.329. The first-order chi connectivity index (χ1) is 12.6. The van der Waals surface area contributed by atoms with Gasteiger partial charge in [-0.15, -0.1) is 12.4 Å². The van der Waals surface area contributed by atoms with Gasteiger partial charge in [-0.3, -0.25) is 4.90 Å². The Hall–Kier alpha value is -1.56. The molecule has 3 unspecified atom stereocenters. The normalized spacial score (nSPS) is 23.8. The van der Waals surface area contributed by atoms with E-state index in [9.17, 15) is 4.79 Å². The topological polar surface area (TPSA) is 55.6 Å². The first-order valence-electron chi connectivity index (χ1n) is 9.12. The molecule has 1 saturated carbocycles. The van der Waals surface area contributed by atoms with Crippen molar-refractivity contribution in [1.82, 2.24) is 4.90 Å². The number of rotatable bonds is 5. The van der Waals surface area contributed by atoms with Gasteiger partial charge in [-0.1, -0.05) is 46.3 Å². The van der Waals surface area contributed by atoms with Crippen LogP contribution in [0.2, 0.25) is 0 Å². The highest BCUT2D eigenvalue weighted by Gasteiger charge is 2.47. The lowest BCUT2D eigenvalue weighted by molar-refractivity contribution is 0.0409. The Balaban J connectivity index is 0.00000210. The number of fused-ring (bicyclic) bond motifs is 2. The average molecular weight is 452 g/mol. The third kappa shape index (κ3) is 4.31. The SMILES string of the molecule is Cl.Nc1ccc(Br)cc1C(=O)OCC1C2CCC1N(Cc1ccccc1)C2. The van der Waals surface area contributed by atoms with Gasteiger partial charge in [0.2, 0.25) is 0 Å². The minimum Gasteiger partial charge on any atom is -0.462 e. The van der Waals surface area contributed by atoms with Crippen LogP contribution in [0.4, 0.5) is 5.69 Å². The average Bonchev–Trinajstić information content (AvgIpc) is 3.19. The van der Waals surface area contributed by atoms with Crippen LogP contribution in [-0.4, -0.2) is 30.1 Å². The minimum absolute atomic E-state index is 0. The Morgan fingerprint density at radius 3 is 2.74 bits per heavy atom. The van der Waals surface area contributed by atoms with E-state index in [0.29, 0.717) is 35.7 Å². The summed E-state index contributed by atoms with van der Waals surface area (Å²) < 4.78 is 6.49. The van der Waals surface area contributed by atoms with Crippen molar-refractivity contribution < 1.29 is 9.53 Å². The molecule has 1 aliphatic carbocycles. The lowest BCUT2D eigenvalue weighted by Crippen LogP contribution is -2.33. The Labute approximate surface area is 174 Å². The van der Waals surface area contributed by atoms with E-state index >= 15 is 0 Å². The maximum Gasteiger partial charge on any atom is 0.340 e. The third-order valence-corrected chi connectivity index (χ3v) is 6.23. The van der Waals surface area contributed by atoms with Gasteiger partial charge in [-0.2, -0.15) is 0 Å². The zero-order valence-electron chi connectivity index (χ0n) is 15.0. The van der Waals surface area contributed by atoms with E-state index in [-0.39, 0.29) is 18.4 Å². The van der Waals surface area contributed by atoms with Crippen LogP contribution >= 0.6 is 28.3 Å². The molecule has 1 heterocycles. The summed E-state index contributed by atoms with van der Waals surface area (Å²) in [7, 11) is 0. The Bertz CT molecular complexity index is 802. The molecule has 4 nitrogen and oxygen atoms in total. The number of ether oxygens (including phenoxy) is 1. The van der Waals surface area contributed by atoms with E-state index in [2.05, 4.69) is 51.2 Å². The molecule has 2 aliphatic rings. The summed E-state index contributed by atoms with van der Waals surface area (Å²) >= 11 is 3.38. The van der Waals surface area contributed by atoms with Gasteiger partial charge in [0.1, 0.15) is 0 Å². The van der Waals surface area contributed by atoms with Gasteiger partial charge in [0.25, 0.3) is 0 Å². The third-order valence-electron chi connectivity index (χ3n) is 5.74. The number of hydrogen-bond donors (Lipinski definition) is 1. The molecule has 0 radical (unpaired) electrons. The van der Waals surface area contributed by atoms with E-state index in [0.717, 1.165) is 17.6 Å². The van der Waals surface area contributed by atoms with Crippen molar-refractivity contribution in [3.8, 4) is 0 Å². The molecule has 0 spiro atoms. The summed E-state index contributed by atoms with van der Waals surface area (Å²) in [6.45, 7) is 2.55. The number of piperidine rings is 1. The quantitative estimate of drug-likeness (QED) is 0.536. The lowest BCUT2D eigenvalue weighted by Gasteiger charge is -2.27. The smallest absolute Gasteiger partial charge is 0.340 e. The Morgan fingerprint density at radius 2 is 1.96 bits per heavy atom. The number of halogens is 2. The molecule has 2 aromatic carbocycles. The van der Waals surface area contributed by atoms with Gasteiger partial charge < -0.3 is 10.5 Å². The lowest BCUT2D eigenvalue weighted by atomic mass is 9.99. The van der Waals surface area contributed by atoms with Crippen molar-refractivity contribution in [2.45, 2.75) is 25.4 Å². The summed E-state index contributed by atoms with van der Waals surface area (Å²) in [6.07, 6.45) is 2.43. The molecule has 2 aromatic rings. The standard InChI is InChI=1S/C21H23BrN2O2.ClH/c22-16-7-8-19(23)17(10-16)21(25)26-13-18-15-6-9-20(18)24(12-15)11-14-4-2-1-3-5-14;/h1-5,7-8,10,15,18,20H,6,9,11-13,23H2;1H. The van der Waals surface area contributed by atoms with Gasteiger partial charge in [0.15, 0.2) is 0 Å². The number of esters is 1. The molecule has 144 valence electrons. The predicted octanol–water partition coefficient (Wildman–Crippen LogP) is 4.52. The number of nitrogens with zero attached hydrogens (tertiary/aromatic N) is 1. The predicted molar refractivity (Wildman–Crippen MR) is 113 cm³/mol. The zero-order valence-corrected chi connectivity index (χ0v) is 17.4. The molecular formula is C21H24BrClN2O2. The second-order valence-corrected chi connectivity index (χ2v) is 8.23. The largest absolute Gasteiger partial charge is 0.462 e. The molecule has 2 fully saturated rings. The summed E-state index contributed by atoms with van der Waals surface area (Å²) in [5.41, 5.74) is 8.16. The van der Waals surface area contributed by atoms with Crippen molar-refractivity contribution >= 4 is 40.0 Å². The highest BCUT2D eigenvalue weighted by atomic mass is 79.9. The van der Waals surface area contributed by atoms with Crippen molar-refractivity contribution in [3.05, 3.63) is 64.1 Å². The van der Waals surface area contributed by atoms with Crippen LogP contribution < -0.4 is 5.73 Å². The number of nitrogens with two attached hydrogens (primary N) is 1. The molecule has 3 atom stereocenters. The number of carbonyl (C=O) groups is 1. The first kappa shape index (κ1) is 20.2. The van der Waals surface area contributed by atoms with Crippen LogP contribution in [0, 0.1) is 11.8 Å². The molecule has 0 amide bonds. The molecule has 4 rings (SSSR count). The molecule has 27 heavy (non-hydrogen) atoms. The van der Waals surface area contributed by atoms with Crippen LogP contribution in [0.3, 0.4) is 0 Å². The summed E-state index contributed by atoms with van der Waals surface area (Å²) in [5.74, 6) is 0.720. The second-order valence-electron chi connectivity index (χ2n) is 7.31. The van der Waals surface area contributed by atoms with Crippen molar-refractivity contribution in [2.75, 3.05) is 18.9 Å². The Morgan fingerprint density at radius 1 is 1.19 bits per heavy atom. The number of carbonyl (C=O) groups excluding carboxylic acids is 1. The number of hydrogen-bond acceptors (Lipinski definition) is 4. The number of nitrogen functional groups attached to an aromatic ring is 1. The Kier molecular flexibility index (Phi) is 6.45.